The smallest absolute Gasteiger partial charge is 0.193 e. The van der Waals surface area contributed by atoms with Gasteiger partial charge in [0.2, 0.25) is 0 Å². The molecule has 0 atom stereocenters. The number of ketones is 1. The molecule has 2 rings (SSSR count). The Kier molecular flexibility index (Phi) is 5.32. The van der Waals surface area contributed by atoms with Crippen LogP contribution in [0.5, 0.6) is 0 Å². The number of halogens is 2. The van der Waals surface area contributed by atoms with Gasteiger partial charge >= 0.3 is 0 Å². The molecule has 0 bridgehead atoms. The van der Waals surface area contributed by atoms with Crippen molar-refractivity contribution >= 4 is 40.7 Å². The highest BCUT2D eigenvalue weighted by Crippen LogP contribution is 2.17. The number of rotatable bonds is 5. The molecule has 0 saturated carbocycles. The fraction of sp³-hybridized carbons (Fsp3) is 0.133. The van der Waals surface area contributed by atoms with E-state index in [-0.39, 0.29) is 5.78 Å². The third-order valence-electron chi connectivity index (χ3n) is 2.67. The number of hydrogen-bond donors (Lipinski definition) is 0. The van der Waals surface area contributed by atoms with E-state index < -0.39 is 0 Å². The molecule has 98 valence electrons. The minimum Gasteiger partial charge on any atom is -0.289 e. The van der Waals surface area contributed by atoms with Crippen LogP contribution in [-0.2, 0) is 5.75 Å². The van der Waals surface area contributed by atoms with E-state index >= 15 is 0 Å². The normalized spacial score (nSPS) is 10.4. The van der Waals surface area contributed by atoms with Gasteiger partial charge in [-0.15, -0.1) is 23.4 Å². The van der Waals surface area contributed by atoms with Crippen LogP contribution in [0.15, 0.2) is 48.5 Å². The van der Waals surface area contributed by atoms with E-state index in [4.69, 9.17) is 23.2 Å². The summed E-state index contributed by atoms with van der Waals surface area (Å²) < 4.78 is 0. The first-order valence-corrected chi connectivity index (χ1v) is 7.80. The molecule has 2 aromatic rings. The van der Waals surface area contributed by atoms with Gasteiger partial charge in [-0.25, -0.2) is 0 Å². The van der Waals surface area contributed by atoms with Crippen LogP contribution in [0.2, 0.25) is 5.02 Å². The molecule has 19 heavy (non-hydrogen) atoms. The maximum Gasteiger partial charge on any atom is 0.193 e. The van der Waals surface area contributed by atoms with Crippen LogP contribution in [0, 0.1) is 0 Å². The number of thioether (sulfide) groups is 1. The Labute approximate surface area is 126 Å². The van der Waals surface area contributed by atoms with Crippen molar-refractivity contribution in [3.05, 3.63) is 70.2 Å². The fourth-order valence-electron chi connectivity index (χ4n) is 1.68. The molecule has 0 fully saturated rings. The standard InChI is InChI=1S/C15H12Cl2OS/c16-10-19-9-11-1-3-12(4-2-11)15(18)13-5-7-14(17)8-6-13/h1-8H,9-10H2. The summed E-state index contributed by atoms with van der Waals surface area (Å²) in [5.74, 6) is 0.868. The van der Waals surface area contributed by atoms with Crippen molar-refractivity contribution in [2.45, 2.75) is 5.75 Å². The van der Waals surface area contributed by atoms with Crippen LogP contribution in [0.25, 0.3) is 0 Å². The van der Waals surface area contributed by atoms with E-state index in [1.54, 1.807) is 36.0 Å². The van der Waals surface area contributed by atoms with Crippen LogP contribution < -0.4 is 0 Å². The molecule has 0 radical (unpaired) electrons. The molecule has 1 nitrogen and oxygen atoms in total. The van der Waals surface area contributed by atoms with Crippen LogP contribution in [0.4, 0.5) is 0 Å². The van der Waals surface area contributed by atoms with Crippen molar-refractivity contribution in [3.8, 4) is 0 Å². The summed E-state index contributed by atoms with van der Waals surface area (Å²) >= 11 is 13.1. The topological polar surface area (TPSA) is 17.1 Å². The zero-order valence-electron chi connectivity index (χ0n) is 10.1. The predicted molar refractivity (Wildman–Crippen MR) is 83.3 cm³/mol. The molecule has 4 heteroatoms. The lowest BCUT2D eigenvalue weighted by Gasteiger charge is -2.03. The quantitative estimate of drug-likeness (QED) is 0.571. The highest BCUT2D eigenvalue weighted by atomic mass is 35.5. The van der Waals surface area contributed by atoms with Crippen molar-refractivity contribution in [2.24, 2.45) is 0 Å². The number of benzene rings is 2. The average Bonchev–Trinajstić information content (AvgIpc) is 2.46. The highest BCUT2D eigenvalue weighted by Gasteiger charge is 2.08. The highest BCUT2D eigenvalue weighted by molar-refractivity contribution is 7.99. The Hall–Kier alpha value is -0.960. The third kappa shape index (κ3) is 4.00. The summed E-state index contributed by atoms with van der Waals surface area (Å²) in [4.78, 5) is 12.2. The molecule has 2 aromatic carbocycles. The van der Waals surface area contributed by atoms with Crippen molar-refractivity contribution in [1.29, 1.82) is 0 Å². The Balaban J connectivity index is 2.13. The predicted octanol–water partition coefficient (Wildman–Crippen LogP) is 5.00. The summed E-state index contributed by atoms with van der Waals surface area (Å²) in [5, 5.41) is 1.20. The third-order valence-corrected chi connectivity index (χ3v) is 4.08. The van der Waals surface area contributed by atoms with Crippen molar-refractivity contribution in [2.75, 3.05) is 5.21 Å². The zero-order chi connectivity index (χ0) is 13.7. The van der Waals surface area contributed by atoms with E-state index in [2.05, 4.69) is 0 Å². The average molecular weight is 311 g/mol. The second-order valence-electron chi connectivity index (χ2n) is 3.99. The first-order valence-electron chi connectivity index (χ1n) is 5.73. The number of carbonyl (C=O) groups excluding carboxylic acids is 1. The number of carbonyl (C=O) groups is 1. The maximum absolute atomic E-state index is 12.2. The van der Waals surface area contributed by atoms with E-state index in [1.807, 2.05) is 24.3 Å². The molecule has 0 heterocycles. The van der Waals surface area contributed by atoms with Crippen LogP contribution in [0.3, 0.4) is 0 Å². The first kappa shape index (κ1) is 14.4. The molecule has 0 aliphatic rings. The van der Waals surface area contributed by atoms with Crippen LogP contribution >= 0.6 is 35.0 Å². The van der Waals surface area contributed by atoms with Gasteiger partial charge in [-0.05, 0) is 29.8 Å². The number of hydrogen-bond acceptors (Lipinski definition) is 2. The van der Waals surface area contributed by atoms with E-state index in [1.165, 1.54) is 5.56 Å². The van der Waals surface area contributed by atoms with Gasteiger partial charge in [-0.3, -0.25) is 4.79 Å². The lowest BCUT2D eigenvalue weighted by Crippen LogP contribution is -2.00. The molecule has 0 spiro atoms. The van der Waals surface area contributed by atoms with Gasteiger partial charge in [0.1, 0.15) is 0 Å². The van der Waals surface area contributed by atoms with Gasteiger partial charge in [-0.2, -0.15) is 0 Å². The molecule has 0 unspecified atom stereocenters. The largest absolute Gasteiger partial charge is 0.289 e. The van der Waals surface area contributed by atoms with E-state index in [0.29, 0.717) is 21.4 Å². The van der Waals surface area contributed by atoms with Gasteiger partial charge in [0.05, 0.1) is 5.21 Å². The van der Waals surface area contributed by atoms with Gasteiger partial charge in [0.15, 0.2) is 5.78 Å². The number of alkyl halides is 1. The minimum atomic E-state index is 0.00760. The Morgan fingerprint density at radius 3 is 2.00 bits per heavy atom. The second-order valence-corrected chi connectivity index (χ2v) is 6.00. The minimum absolute atomic E-state index is 0.00760. The van der Waals surface area contributed by atoms with Gasteiger partial charge in [-0.1, -0.05) is 35.9 Å². The summed E-state index contributed by atoms with van der Waals surface area (Å²) in [5.41, 5.74) is 2.49. The molecule has 0 aromatic heterocycles. The zero-order valence-corrected chi connectivity index (χ0v) is 12.4. The molecule has 0 aliphatic carbocycles. The lowest BCUT2D eigenvalue weighted by molar-refractivity contribution is 0.103. The summed E-state index contributed by atoms with van der Waals surface area (Å²) in [6, 6.07) is 14.5. The maximum atomic E-state index is 12.2. The summed E-state index contributed by atoms with van der Waals surface area (Å²) in [6.07, 6.45) is 0. The molecule has 0 N–H and O–H groups in total. The van der Waals surface area contributed by atoms with Gasteiger partial charge < -0.3 is 0 Å². The van der Waals surface area contributed by atoms with Crippen molar-refractivity contribution in [3.63, 3.8) is 0 Å². The fourth-order valence-corrected chi connectivity index (χ4v) is 2.54. The first-order chi connectivity index (χ1) is 9.20. The molecular weight excluding hydrogens is 299 g/mol. The lowest BCUT2D eigenvalue weighted by atomic mass is 10.0. The van der Waals surface area contributed by atoms with Crippen molar-refractivity contribution < 1.29 is 4.79 Å². The Morgan fingerprint density at radius 2 is 1.47 bits per heavy atom. The van der Waals surface area contributed by atoms with Crippen molar-refractivity contribution in [1.82, 2.24) is 0 Å². The Bertz CT molecular complexity index is 549. The second kappa shape index (κ2) is 6.99. The van der Waals surface area contributed by atoms with E-state index in [9.17, 15) is 4.79 Å². The monoisotopic (exact) mass is 310 g/mol. The Morgan fingerprint density at radius 1 is 0.947 bits per heavy atom. The van der Waals surface area contributed by atoms with Gasteiger partial charge in [0.25, 0.3) is 0 Å². The van der Waals surface area contributed by atoms with Gasteiger partial charge in [0, 0.05) is 21.9 Å². The molecule has 0 aliphatic heterocycles. The van der Waals surface area contributed by atoms with E-state index in [0.717, 1.165) is 5.75 Å². The molecule has 0 saturated heterocycles. The van der Waals surface area contributed by atoms with Crippen LogP contribution in [0.1, 0.15) is 21.5 Å². The summed E-state index contributed by atoms with van der Waals surface area (Å²) in [6.45, 7) is 0. The SMILES string of the molecule is O=C(c1ccc(Cl)cc1)c1ccc(CSCCl)cc1. The summed E-state index contributed by atoms with van der Waals surface area (Å²) in [7, 11) is 0. The molecular formula is C15H12Cl2OS. The van der Waals surface area contributed by atoms with Crippen LogP contribution in [-0.4, -0.2) is 11.0 Å². The molecule has 0 amide bonds.